The van der Waals surface area contributed by atoms with Gasteiger partial charge < -0.3 is 5.32 Å². The van der Waals surface area contributed by atoms with Crippen molar-refractivity contribution in [1.29, 1.82) is 0 Å². The zero-order valence-electron chi connectivity index (χ0n) is 9.88. The number of hydrogen-bond donors (Lipinski definition) is 1. The molecule has 1 rings (SSSR count). The van der Waals surface area contributed by atoms with Gasteiger partial charge in [0.25, 0.3) is 5.91 Å². The maximum absolute atomic E-state index is 12.0. The molecule has 0 saturated heterocycles. The molecule has 0 saturated carbocycles. The number of hydrogen-bond acceptors (Lipinski definition) is 1. The molecule has 1 aromatic rings. The first-order valence-corrected chi connectivity index (χ1v) is 7.97. The van der Waals surface area contributed by atoms with Crippen LogP contribution in [0.1, 0.15) is 30.1 Å². The van der Waals surface area contributed by atoms with Crippen LogP contribution in [0.5, 0.6) is 0 Å². The molecule has 0 radical (unpaired) electrons. The summed E-state index contributed by atoms with van der Waals surface area (Å²) in [4.78, 5) is 12.0. The third kappa shape index (κ3) is 4.95. The molecule has 17 heavy (non-hydrogen) atoms. The number of carbonyl (C=O) groups excluding carboxylic acids is 1. The van der Waals surface area contributed by atoms with E-state index in [1.165, 1.54) is 0 Å². The van der Waals surface area contributed by atoms with Crippen LogP contribution in [0.25, 0.3) is 0 Å². The van der Waals surface area contributed by atoms with E-state index in [1.807, 2.05) is 24.3 Å². The fraction of sp³-hybridized carbons (Fsp3) is 0.462. The standard InChI is InChI=1S/C13H17BrINO/c1-2-10(7-8-14)9-16-13(17)11-5-3-4-6-12(11)15/h3-6,10H,2,7-9H2,1H3,(H,16,17). The zero-order chi connectivity index (χ0) is 12.7. The van der Waals surface area contributed by atoms with Crippen LogP contribution in [-0.2, 0) is 0 Å². The highest BCUT2D eigenvalue weighted by Gasteiger charge is 2.11. The van der Waals surface area contributed by atoms with Gasteiger partial charge in [0.05, 0.1) is 5.56 Å². The van der Waals surface area contributed by atoms with Gasteiger partial charge in [-0.15, -0.1) is 0 Å². The Hall–Kier alpha value is -0.100. The summed E-state index contributed by atoms with van der Waals surface area (Å²) in [6.45, 7) is 2.91. The first-order chi connectivity index (χ1) is 8.19. The lowest BCUT2D eigenvalue weighted by Gasteiger charge is -2.14. The van der Waals surface area contributed by atoms with E-state index in [9.17, 15) is 4.79 Å². The van der Waals surface area contributed by atoms with Crippen molar-refractivity contribution in [3.05, 3.63) is 33.4 Å². The molecule has 4 heteroatoms. The first-order valence-electron chi connectivity index (χ1n) is 5.77. The van der Waals surface area contributed by atoms with Crippen molar-refractivity contribution in [2.75, 3.05) is 11.9 Å². The van der Waals surface area contributed by atoms with Crippen LogP contribution < -0.4 is 5.32 Å². The smallest absolute Gasteiger partial charge is 0.252 e. The topological polar surface area (TPSA) is 29.1 Å². The molecule has 1 aromatic carbocycles. The number of alkyl halides is 1. The lowest BCUT2D eigenvalue weighted by Crippen LogP contribution is -2.29. The number of benzene rings is 1. The minimum Gasteiger partial charge on any atom is -0.352 e. The Morgan fingerprint density at radius 2 is 2.18 bits per heavy atom. The van der Waals surface area contributed by atoms with Crippen LogP contribution in [0.4, 0.5) is 0 Å². The van der Waals surface area contributed by atoms with Crippen LogP contribution in [-0.4, -0.2) is 17.8 Å². The normalized spacial score (nSPS) is 12.2. The molecule has 0 spiro atoms. The van der Waals surface area contributed by atoms with Gasteiger partial charge in [-0.05, 0) is 47.1 Å². The molecule has 0 fully saturated rings. The Bertz CT molecular complexity index is 370. The second-order valence-corrected chi connectivity index (χ2v) is 5.90. The van der Waals surface area contributed by atoms with Gasteiger partial charge in [-0.1, -0.05) is 41.4 Å². The summed E-state index contributed by atoms with van der Waals surface area (Å²) >= 11 is 5.63. The summed E-state index contributed by atoms with van der Waals surface area (Å²) in [6, 6.07) is 7.65. The van der Waals surface area contributed by atoms with E-state index in [0.29, 0.717) is 5.92 Å². The number of halogens is 2. The molecule has 0 aliphatic heterocycles. The molecule has 1 atom stereocenters. The van der Waals surface area contributed by atoms with E-state index >= 15 is 0 Å². The quantitative estimate of drug-likeness (QED) is 0.561. The van der Waals surface area contributed by atoms with Gasteiger partial charge in [0, 0.05) is 15.4 Å². The number of rotatable bonds is 6. The van der Waals surface area contributed by atoms with E-state index < -0.39 is 0 Å². The van der Waals surface area contributed by atoms with Gasteiger partial charge in [-0.2, -0.15) is 0 Å². The molecule has 1 N–H and O–H groups in total. The Morgan fingerprint density at radius 1 is 1.47 bits per heavy atom. The van der Waals surface area contributed by atoms with E-state index in [1.54, 1.807) is 0 Å². The van der Waals surface area contributed by atoms with Crippen LogP contribution in [0.3, 0.4) is 0 Å². The van der Waals surface area contributed by atoms with Gasteiger partial charge in [0.15, 0.2) is 0 Å². The van der Waals surface area contributed by atoms with Crippen LogP contribution in [0.15, 0.2) is 24.3 Å². The van der Waals surface area contributed by atoms with Gasteiger partial charge in [0.2, 0.25) is 0 Å². The van der Waals surface area contributed by atoms with Gasteiger partial charge in [0.1, 0.15) is 0 Å². The van der Waals surface area contributed by atoms with Gasteiger partial charge in [-0.25, -0.2) is 0 Å². The predicted molar refractivity (Wildman–Crippen MR) is 83.7 cm³/mol. The van der Waals surface area contributed by atoms with Gasteiger partial charge >= 0.3 is 0 Å². The number of carbonyl (C=O) groups is 1. The summed E-state index contributed by atoms with van der Waals surface area (Å²) in [5.74, 6) is 0.586. The number of nitrogens with one attached hydrogen (secondary N) is 1. The minimum absolute atomic E-state index is 0.0306. The molecule has 94 valence electrons. The third-order valence-corrected chi connectivity index (χ3v) is 4.16. The average molecular weight is 410 g/mol. The summed E-state index contributed by atoms with van der Waals surface area (Å²) in [5.41, 5.74) is 0.766. The predicted octanol–water partition coefficient (Wildman–Crippen LogP) is 3.83. The Morgan fingerprint density at radius 3 is 2.76 bits per heavy atom. The molecule has 1 amide bonds. The molecule has 0 bridgehead atoms. The first kappa shape index (κ1) is 15.0. The second-order valence-electron chi connectivity index (χ2n) is 3.94. The average Bonchev–Trinajstić information content (AvgIpc) is 2.34. The maximum atomic E-state index is 12.0. The second kappa shape index (κ2) is 8.08. The van der Waals surface area contributed by atoms with Crippen LogP contribution in [0.2, 0.25) is 0 Å². The lowest BCUT2D eigenvalue weighted by atomic mass is 10.0. The van der Waals surface area contributed by atoms with E-state index in [4.69, 9.17) is 0 Å². The highest BCUT2D eigenvalue weighted by atomic mass is 127. The Kier molecular flexibility index (Phi) is 7.11. The monoisotopic (exact) mass is 409 g/mol. The van der Waals surface area contributed by atoms with Crippen molar-refractivity contribution in [2.24, 2.45) is 5.92 Å². The fourth-order valence-corrected chi connectivity index (χ4v) is 2.86. The molecule has 0 aliphatic carbocycles. The molecule has 2 nitrogen and oxygen atoms in total. The van der Waals surface area contributed by atoms with Gasteiger partial charge in [-0.3, -0.25) is 4.79 Å². The van der Waals surface area contributed by atoms with Crippen molar-refractivity contribution < 1.29 is 4.79 Å². The van der Waals surface area contributed by atoms with E-state index in [-0.39, 0.29) is 5.91 Å². The molecule has 0 aliphatic rings. The minimum atomic E-state index is 0.0306. The van der Waals surface area contributed by atoms with Crippen molar-refractivity contribution in [1.82, 2.24) is 5.32 Å². The zero-order valence-corrected chi connectivity index (χ0v) is 13.6. The molecular formula is C13H17BrINO. The van der Waals surface area contributed by atoms with E-state index in [0.717, 1.165) is 33.9 Å². The van der Waals surface area contributed by atoms with Crippen molar-refractivity contribution in [3.8, 4) is 0 Å². The highest BCUT2D eigenvalue weighted by molar-refractivity contribution is 14.1. The van der Waals surface area contributed by atoms with Crippen molar-refractivity contribution in [3.63, 3.8) is 0 Å². The highest BCUT2D eigenvalue weighted by Crippen LogP contribution is 2.12. The summed E-state index contributed by atoms with van der Waals surface area (Å²) < 4.78 is 0.996. The van der Waals surface area contributed by atoms with Crippen molar-refractivity contribution >= 4 is 44.4 Å². The lowest BCUT2D eigenvalue weighted by molar-refractivity contribution is 0.0945. The SMILES string of the molecule is CCC(CCBr)CNC(=O)c1ccccc1I. The Labute approximate surface area is 125 Å². The fourth-order valence-electron chi connectivity index (χ4n) is 1.58. The molecular weight excluding hydrogens is 393 g/mol. The molecule has 0 heterocycles. The third-order valence-electron chi connectivity index (χ3n) is 2.76. The summed E-state index contributed by atoms with van der Waals surface area (Å²) in [7, 11) is 0. The number of amides is 1. The van der Waals surface area contributed by atoms with Crippen molar-refractivity contribution in [2.45, 2.75) is 19.8 Å². The largest absolute Gasteiger partial charge is 0.352 e. The Balaban J connectivity index is 2.52. The molecule has 0 aromatic heterocycles. The maximum Gasteiger partial charge on any atom is 0.252 e. The molecule has 1 unspecified atom stereocenters. The summed E-state index contributed by atoms with van der Waals surface area (Å²) in [6.07, 6.45) is 2.19. The summed E-state index contributed by atoms with van der Waals surface area (Å²) in [5, 5.41) is 4.00. The van der Waals surface area contributed by atoms with Crippen LogP contribution >= 0.6 is 38.5 Å². The van der Waals surface area contributed by atoms with E-state index in [2.05, 4.69) is 50.8 Å². The van der Waals surface area contributed by atoms with Crippen LogP contribution in [0, 0.1) is 9.49 Å².